The maximum absolute atomic E-state index is 13.5. The number of nitrogens with one attached hydrogen (secondary N) is 4. The molecule has 4 aromatic rings. The van der Waals surface area contributed by atoms with E-state index in [0.29, 0.717) is 11.1 Å². The van der Waals surface area contributed by atoms with Gasteiger partial charge in [-0.15, -0.1) is 0 Å². The molecule has 3 atom stereocenters. The molecular weight excluding hydrogens is 538 g/mol. The average molecular weight is 571 g/mol. The van der Waals surface area contributed by atoms with Gasteiger partial charge in [-0.3, -0.25) is 19.2 Å². The average Bonchev–Trinajstić information content (AvgIpc) is 3.40. The number of phenols is 2. The van der Waals surface area contributed by atoms with Crippen molar-refractivity contribution in [3.05, 3.63) is 95.7 Å². The number of amides is 3. The molecule has 3 amide bonds. The first-order valence-corrected chi connectivity index (χ1v) is 13.3. The second-order valence-corrected chi connectivity index (χ2v) is 9.87. The van der Waals surface area contributed by atoms with Gasteiger partial charge in [-0.2, -0.15) is 0 Å². The van der Waals surface area contributed by atoms with Crippen LogP contribution in [-0.2, 0) is 38.4 Å². The monoisotopic (exact) mass is 570 g/mol. The number of carbonyl (C=O) groups is 3. The summed E-state index contributed by atoms with van der Waals surface area (Å²) in [6, 6.07) is 16.6. The Morgan fingerprint density at radius 3 is 1.88 bits per heavy atom. The topological polar surface area (TPSA) is 187 Å². The minimum Gasteiger partial charge on any atom is -0.508 e. The van der Waals surface area contributed by atoms with Crippen molar-refractivity contribution >= 4 is 34.9 Å². The largest absolute Gasteiger partial charge is 0.508 e. The summed E-state index contributed by atoms with van der Waals surface area (Å²) in [5, 5.41) is 28.1. The van der Waals surface area contributed by atoms with Crippen molar-refractivity contribution in [3.63, 3.8) is 0 Å². The molecule has 4 rings (SSSR count). The van der Waals surface area contributed by atoms with Crippen molar-refractivity contribution in [3.8, 4) is 11.5 Å². The van der Waals surface area contributed by atoms with Gasteiger partial charge in [-0.25, -0.2) is 0 Å². The molecule has 11 nitrogen and oxygen atoms in total. The van der Waals surface area contributed by atoms with E-state index in [0.717, 1.165) is 16.5 Å². The van der Waals surface area contributed by atoms with Crippen LogP contribution in [0.15, 0.2) is 79.0 Å². The number of carbonyl (C=O) groups excluding carboxylic acids is 4. The summed E-state index contributed by atoms with van der Waals surface area (Å²) >= 11 is 0. The van der Waals surface area contributed by atoms with E-state index in [1.165, 1.54) is 24.3 Å². The summed E-state index contributed by atoms with van der Waals surface area (Å²) in [6.45, 7) is -0.346. The van der Waals surface area contributed by atoms with E-state index >= 15 is 0 Å². The zero-order valence-electron chi connectivity index (χ0n) is 22.7. The predicted molar refractivity (Wildman–Crippen MR) is 156 cm³/mol. The molecule has 0 spiro atoms. The fourth-order valence-electron chi connectivity index (χ4n) is 4.59. The fraction of sp³-hybridized carbons (Fsp3) is 0.226. The first-order chi connectivity index (χ1) is 20.2. The second-order valence-electron chi connectivity index (χ2n) is 9.87. The molecule has 0 saturated heterocycles. The fourth-order valence-corrected chi connectivity index (χ4v) is 4.59. The van der Waals surface area contributed by atoms with Crippen LogP contribution in [0.3, 0.4) is 0 Å². The van der Waals surface area contributed by atoms with Crippen LogP contribution in [-0.4, -0.2) is 63.9 Å². The van der Waals surface area contributed by atoms with E-state index in [-0.39, 0.29) is 37.3 Å². The van der Waals surface area contributed by atoms with E-state index in [2.05, 4.69) is 20.9 Å². The van der Waals surface area contributed by atoms with E-state index in [1.54, 1.807) is 30.5 Å². The van der Waals surface area contributed by atoms with Crippen LogP contribution in [0.5, 0.6) is 11.5 Å². The standard InChI is InChI=1S/C31H32N5O6/c32-16-29(40)35-27(13-19-5-9-23(38)10-6-19)31(42)36-28(14-20-7-11-24(39)12-8-20)30(41)34-22(18-37)15-21-17-33-26-4-2-1-3-25(21)26/h1-12,17,22,27-28,33,38-39H,13-16,32H2,(H,34,41)(H,35,40)(H,36,42)/t22-,27-,28-/m0/s1. The van der Waals surface area contributed by atoms with Gasteiger partial charge >= 0.3 is 0 Å². The van der Waals surface area contributed by atoms with Crippen LogP contribution in [0.1, 0.15) is 16.7 Å². The summed E-state index contributed by atoms with van der Waals surface area (Å²) < 4.78 is 0. The quantitative estimate of drug-likeness (QED) is 0.125. The van der Waals surface area contributed by atoms with Gasteiger partial charge < -0.3 is 36.9 Å². The number of fused-ring (bicyclic) bond motifs is 1. The second kappa shape index (κ2) is 14.0. The molecule has 8 N–H and O–H groups in total. The van der Waals surface area contributed by atoms with Crippen molar-refractivity contribution in [2.45, 2.75) is 37.4 Å². The summed E-state index contributed by atoms with van der Waals surface area (Å²) in [7, 11) is 0. The van der Waals surface area contributed by atoms with Gasteiger partial charge in [0.2, 0.25) is 24.0 Å². The predicted octanol–water partition coefficient (Wildman–Crippen LogP) is 1.13. The summed E-state index contributed by atoms with van der Waals surface area (Å²) in [5.74, 6) is -1.75. The Balaban J connectivity index is 1.54. The molecule has 1 heterocycles. The lowest BCUT2D eigenvalue weighted by atomic mass is 10.0. The molecule has 0 fully saturated rings. The Labute approximate surface area is 242 Å². The number of hydrogen-bond acceptors (Lipinski definition) is 7. The highest BCUT2D eigenvalue weighted by Gasteiger charge is 2.29. The van der Waals surface area contributed by atoms with Crippen LogP contribution in [0.25, 0.3) is 10.9 Å². The van der Waals surface area contributed by atoms with Gasteiger partial charge in [0.1, 0.15) is 23.6 Å². The molecule has 0 aliphatic carbocycles. The van der Waals surface area contributed by atoms with Gasteiger partial charge in [0, 0.05) is 36.4 Å². The van der Waals surface area contributed by atoms with Crippen molar-refractivity contribution in [1.29, 1.82) is 0 Å². The normalized spacial score (nSPS) is 13.1. The lowest BCUT2D eigenvalue weighted by Gasteiger charge is -2.24. The van der Waals surface area contributed by atoms with Crippen LogP contribution in [0, 0.1) is 0 Å². The third-order valence-corrected chi connectivity index (χ3v) is 6.78. The van der Waals surface area contributed by atoms with Crippen LogP contribution in [0.4, 0.5) is 0 Å². The third kappa shape index (κ3) is 7.95. The first kappa shape index (κ1) is 29.8. The SMILES string of the molecule is NCC(=O)N[C@@H](Cc1ccc(O)cc1)C(=O)N[C@@H](Cc1ccc(O)cc1)C(=O)N[C@H]([C]=O)Cc1c[nH]c2ccccc12. The lowest BCUT2D eigenvalue weighted by molar-refractivity contribution is -0.131. The van der Waals surface area contributed by atoms with Crippen LogP contribution < -0.4 is 21.7 Å². The number of para-hydroxylation sites is 1. The number of aromatic amines is 1. The minimum absolute atomic E-state index is 0.0350. The number of H-pyrrole nitrogens is 1. The van der Waals surface area contributed by atoms with Crippen molar-refractivity contribution < 1.29 is 29.4 Å². The molecule has 3 aromatic carbocycles. The summed E-state index contributed by atoms with van der Waals surface area (Å²) in [5.41, 5.74) is 8.45. The smallest absolute Gasteiger partial charge is 0.243 e. The van der Waals surface area contributed by atoms with Crippen molar-refractivity contribution in [2.75, 3.05) is 6.54 Å². The van der Waals surface area contributed by atoms with E-state index in [1.807, 2.05) is 30.6 Å². The van der Waals surface area contributed by atoms with Crippen molar-refractivity contribution in [1.82, 2.24) is 20.9 Å². The minimum atomic E-state index is -1.14. The van der Waals surface area contributed by atoms with Gasteiger partial charge in [0.15, 0.2) is 0 Å². The Hall–Kier alpha value is -5.16. The highest BCUT2D eigenvalue weighted by molar-refractivity contribution is 5.93. The molecule has 217 valence electrons. The highest BCUT2D eigenvalue weighted by Crippen LogP contribution is 2.19. The number of benzene rings is 3. The third-order valence-electron chi connectivity index (χ3n) is 6.78. The van der Waals surface area contributed by atoms with E-state index in [4.69, 9.17) is 5.73 Å². The molecule has 0 aliphatic heterocycles. The van der Waals surface area contributed by atoms with Gasteiger partial charge in [-0.05, 0) is 47.0 Å². The van der Waals surface area contributed by atoms with Crippen LogP contribution in [0.2, 0.25) is 0 Å². The Morgan fingerprint density at radius 1 is 0.762 bits per heavy atom. The number of aromatic hydroxyl groups is 2. The number of aromatic nitrogens is 1. The van der Waals surface area contributed by atoms with E-state index < -0.39 is 35.8 Å². The molecule has 11 heteroatoms. The number of hydrogen-bond donors (Lipinski definition) is 7. The van der Waals surface area contributed by atoms with Gasteiger partial charge in [0.05, 0.1) is 12.6 Å². The number of rotatable bonds is 13. The number of phenolic OH excluding ortho intramolecular Hbond substituents is 2. The first-order valence-electron chi connectivity index (χ1n) is 13.3. The zero-order chi connectivity index (χ0) is 30.1. The molecule has 0 bridgehead atoms. The highest BCUT2D eigenvalue weighted by atomic mass is 16.3. The molecule has 0 saturated carbocycles. The van der Waals surface area contributed by atoms with Gasteiger partial charge in [-0.1, -0.05) is 42.5 Å². The Morgan fingerprint density at radius 2 is 1.31 bits per heavy atom. The molecular formula is C31H32N5O6. The molecule has 0 unspecified atom stereocenters. The molecule has 42 heavy (non-hydrogen) atoms. The van der Waals surface area contributed by atoms with Crippen molar-refractivity contribution in [2.24, 2.45) is 5.73 Å². The maximum Gasteiger partial charge on any atom is 0.243 e. The maximum atomic E-state index is 13.5. The van der Waals surface area contributed by atoms with E-state index in [9.17, 15) is 29.4 Å². The molecule has 1 radical (unpaired) electrons. The molecule has 1 aromatic heterocycles. The summed E-state index contributed by atoms with van der Waals surface area (Å²) in [4.78, 5) is 54.1. The summed E-state index contributed by atoms with van der Waals surface area (Å²) in [6.07, 6.45) is 3.92. The van der Waals surface area contributed by atoms with Crippen LogP contribution >= 0.6 is 0 Å². The Bertz CT molecular complexity index is 1530. The lowest BCUT2D eigenvalue weighted by Crippen LogP contribution is -2.57. The Kier molecular flexibility index (Phi) is 9.90. The zero-order valence-corrected chi connectivity index (χ0v) is 22.7. The van der Waals surface area contributed by atoms with Gasteiger partial charge in [0.25, 0.3) is 0 Å². The molecule has 0 aliphatic rings. The number of nitrogens with two attached hydrogens (primary N) is 1.